The highest BCUT2D eigenvalue weighted by Crippen LogP contribution is 2.26. The van der Waals surface area contributed by atoms with Crippen LogP contribution in [0.15, 0.2) is 61.1 Å². The number of likely N-dealkylation sites (N-methyl/N-ethyl adjacent to an activating group) is 1. The molecule has 0 N–H and O–H groups in total. The number of benzene rings is 2. The number of nitrogens with zero attached hydrogens (tertiary/aromatic N) is 4. The van der Waals surface area contributed by atoms with E-state index in [-0.39, 0.29) is 17.5 Å². The van der Waals surface area contributed by atoms with Crippen molar-refractivity contribution in [2.24, 2.45) is 0 Å². The van der Waals surface area contributed by atoms with Crippen LogP contribution in [-0.2, 0) is 11.2 Å². The van der Waals surface area contributed by atoms with Crippen LogP contribution < -0.4 is 0 Å². The van der Waals surface area contributed by atoms with Gasteiger partial charge in [0.2, 0.25) is 5.91 Å². The highest BCUT2D eigenvalue weighted by molar-refractivity contribution is 5.96. The van der Waals surface area contributed by atoms with E-state index < -0.39 is 6.04 Å². The summed E-state index contributed by atoms with van der Waals surface area (Å²) in [4.78, 5) is 38.0. The molecule has 0 bridgehead atoms. The quantitative estimate of drug-likeness (QED) is 0.622. The average Bonchev–Trinajstić information content (AvgIpc) is 2.80. The highest BCUT2D eigenvalue weighted by Gasteiger charge is 2.37. The predicted octanol–water partition coefficient (Wildman–Crippen LogP) is 3.68. The average molecular weight is 429 g/mol. The van der Waals surface area contributed by atoms with E-state index in [9.17, 15) is 9.59 Å². The van der Waals surface area contributed by atoms with Crippen LogP contribution in [0.25, 0.3) is 11.1 Å². The third-order valence-corrected chi connectivity index (χ3v) is 6.06. The van der Waals surface area contributed by atoms with Crippen LogP contribution in [0.5, 0.6) is 0 Å². The number of piperazine rings is 1. The van der Waals surface area contributed by atoms with E-state index in [2.05, 4.69) is 54.1 Å². The first-order valence-electron chi connectivity index (χ1n) is 11.0. The second-order valence-electron chi connectivity index (χ2n) is 8.25. The van der Waals surface area contributed by atoms with Gasteiger partial charge in [-0.1, -0.05) is 48.0 Å². The molecule has 1 fully saturated rings. The van der Waals surface area contributed by atoms with E-state index in [1.54, 1.807) is 4.90 Å². The Kier molecular flexibility index (Phi) is 6.30. The van der Waals surface area contributed by atoms with Crippen molar-refractivity contribution in [1.82, 2.24) is 19.8 Å². The van der Waals surface area contributed by atoms with Gasteiger partial charge >= 0.3 is 0 Å². The van der Waals surface area contributed by atoms with E-state index in [4.69, 9.17) is 0 Å². The van der Waals surface area contributed by atoms with E-state index in [0.717, 1.165) is 11.1 Å². The van der Waals surface area contributed by atoms with Crippen LogP contribution in [0.4, 0.5) is 0 Å². The number of aryl methyl sites for hydroxylation is 2. The molecule has 0 spiro atoms. The van der Waals surface area contributed by atoms with E-state index in [0.29, 0.717) is 26.1 Å². The van der Waals surface area contributed by atoms with Crippen molar-refractivity contribution in [3.63, 3.8) is 0 Å². The van der Waals surface area contributed by atoms with Crippen molar-refractivity contribution in [2.45, 2.75) is 33.2 Å². The van der Waals surface area contributed by atoms with Crippen molar-refractivity contribution in [1.29, 1.82) is 0 Å². The van der Waals surface area contributed by atoms with Gasteiger partial charge in [0.15, 0.2) is 0 Å². The Bertz CT molecular complexity index is 1130. The van der Waals surface area contributed by atoms with Gasteiger partial charge in [-0.05, 0) is 43.0 Å². The Morgan fingerprint density at radius 1 is 1.09 bits per heavy atom. The molecule has 32 heavy (non-hydrogen) atoms. The van der Waals surface area contributed by atoms with Crippen molar-refractivity contribution in [3.8, 4) is 11.1 Å². The Morgan fingerprint density at radius 3 is 2.66 bits per heavy atom. The van der Waals surface area contributed by atoms with Gasteiger partial charge in [0.1, 0.15) is 11.7 Å². The van der Waals surface area contributed by atoms with Gasteiger partial charge in [0, 0.05) is 38.4 Å². The Labute approximate surface area is 188 Å². The summed E-state index contributed by atoms with van der Waals surface area (Å²) in [7, 11) is 0. The van der Waals surface area contributed by atoms with Crippen molar-refractivity contribution >= 4 is 11.8 Å². The zero-order chi connectivity index (χ0) is 22.7. The summed E-state index contributed by atoms with van der Waals surface area (Å²) >= 11 is 0. The molecule has 164 valence electrons. The summed E-state index contributed by atoms with van der Waals surface area (Å²) in [5.41, 5.74) is 6.02. The summed E-state index contributed by atoms with van der Waals surface area (Å²) in [6.45, 7) is 7.81. The molecule has 2 amide bonds. The Morgan fingerprint density at radius 2 is 1.94 bits per heavy atom. The van der Waals surface area contributed by atoms with Gasteiger partial charge in [-0.25, -0.2) is 4.98 Å². The van der Waals surface area contributed by atoms with E-state index in [1.807, 2.05) is 24.0 Å². The molecule has 1 aromatic heterocycles. The van der Waals surface area contributed by atoms with Crippen LogP contribution in [0.3, 0.4) is 0 Å². The van der Waals surface area contributed by atoms with Gasteiger partial charge < -0.3 is 9.80 Å². The minimum absolute atomic E-state index is 0.0205. The van der Waals surface area contributed by atoms with Crippen LogP contribution >= 0.6 is 0 Å². The normalized spacial score (nSPS) is 16.3. The van der Waals surface area contributed by atoms with E-state index in [1.165, 1.54) is 35.3 Å². The largest absolute Gasteiger partial charge is 0.339 e. The maximum atomic E-state index is 13.2. The summed E-state index contributed by atoms with van der Waals surface area (Å²) in [6, 6.07) is 14.1. The number of hydrogen-bond acceptors (Lipinski definition) is 4. The molecule has 6 nitrogen and oxygen atoms in total. The number of aromatic nitrogens is 2. The molecule has 6 heteroatoms. The fraction of sp³-hybridized carbons (Fsp3) is 0.308. The van der Waals surface area contributed by atoms with E-state index >= 15 is 0 Å². The summed E-state index contributed by atoms with van der Waals surface area (Å²) in [5.74, 6) is -0.273. The van der Waals surface area contributed by atoms with Crippen molar-refractivity contribution in [3.05, 3.63) is 83.4 Å². The fourth-order valence-electron chi connectivity index (χ4n) is 4.38. The van der Waals surface area contributed by atoms with Crippen LogP contribution in [0.2, 0.25) is 0 Å². The molecule has 0 aliphatic carbocycles. The summed E-state index contributed by atoms with van der Waals surface area (Å²) in [6.07, 6.45) is 4.95. The first-order valence-corrected chi connectivity index (χ1v) is 11.0. The third kappa shape index (κ3) is 4.40. The van der Waals surface area contributed by atoms with Crippen molar-refractivity contribution in [2.75, 3.05) is 19.6 Å². The predicted molar refractivity (Wildman–Crippen MR) is 124 cm³/mol. The molecule has 2 heterocycles. The molecule has 1 saturated heterocycles. The van der Waals surface area contributed by atoms with Crippen LogP contribution in [0.1, 0.15) is 34.1 Å². The lowest BCUT2D eigenvalue weighted by Crippen LogP contribution is -2.59. The maximum Gasteiger partial charge on any atom is 0.274 e. The lowest BCUT2D eigenvalue weighted by Gasteiger charge is -2.40. The molecule has 1 aliphatic heterocycles. The maximum absolute atomic E-state index is 13.2. The second-order valence-corrected chi connectivity index (χ2v) is 8.25. The fourth-order valence-corrected chi connectivity index (χ4v) is 4.38. The number of hydrogen-bond donors (Lipinski definition) is 0. The molecule has 3 aromatic rings. The molecule has 4 rings (SSSR count). The van der Waals surface area contributed by atoms with Crippen LogP contribution in [0, 0.1) is 13.8 Å². The second kappa shape index (κ2) is 9.30. The monoisotopic (exact) mass is 428 g/mol. The minimum Gasteiger partial charge on any atom is -0.339 e. The SMILES string of the molecule is CCN1CCN(C(=O)c2cnccn2)[C@@H](Cc2cccc(-c3ccc(C)cc3C)c2)C1=O. The number of carbonyl (C=O) groups excluding carboxylic acids is 2. The molecular formula is C26H28N4O2. The van der Waals surface area contributed by atoms with Gasteiger partial charge in [-0.3, -0.25) is 14.6 Å². The molecule has 1 atom stereocenters. The zero-order valence-electron chi connectivity index (χ0n) is 18.8. The topological polar surface area (TPSA) is 66.4 Å². The van der Waals surface area contributed by atoms with Crippen LogP contribution in [-0.4, -0.2) is 57.3 Å². The smallest absolute Gasteiger partial charge is 0.274 e. The lowest BCUT2D eigenvalue weighted by atomic mass is 9.94. The molecule has 1 aliphatic rings. The summed E-state index contributed by atoms with van der Waals surface area (Å²) in [5, 5.41) is 0. The molecule has 2 aromatic carbocycles. The highest BCUT2D eigenvalue weighted by atomic mass is 16.2. The van der Waals surface area contributed by atoms with Crippen molar-refractivity contribution < 1.29 is 9.59 Å². The van der Waals surface area contributed by atoms with Gasteiger partial charge in [-0.15, -0.1) is 0 Å². The first-order chi connectivity index (χ1) is 15.5. The minimum atomic E-state index is -0.562. The number of carbonyl (C=O) groups is 2. The molecular weight excluding hydrogens is 400 g/mol. The standard InChI is InChI=1S/C26H28N4O2/c1-4-29-12-13-30(25(31)23-17-27-10-11-28-23)24(26(29)32)16-20-6-5-7-21(15-20)22-9-8-18(2)14-19(22)3/h5-11,14-15,17,24H,4,12-13,16H2,1-3H3/t24-/m0/s1. The lowest BCUT2D eigenvalue weighted by molar-refractivity contribution is -0.139. The molecule has 0 unspecified atom stereocenters. The van der Waals surface area contributed by atoms with Gasteiger partial charge in [-0.2, -0.15) is 0 Å². The Hall–Kier alpha value is -3.54. The third-order valence-electron chi connectivity index (χ3n) is 6.06. The van der Waals surface area contributed by atoms with Gasteiger partial charge in [0.05, 0.1) is 6.20 Å². The zero-order valence-corrected chi connectivity index (χ0v) is 18.8. The number of amides is 2. The molecule has 0 radical (unpaired) electrons. The number of rotatable bonds is 5. The Balaban J connectivity index is 1.65. The first kappa shape index (κ1) is 21.7. The summed E-state index contributed by atoms with van der Waals surface area (Å²) < 4.78 is 0. The van der Waals surface area contributed by atoms with Gasteiger partial charge in [0.25, 0.3) is 5.91 Å². The molecule has 0 saturated carbocycles.